The SMILES string of the molecule is FC(C(F)(F)F)C(F)(F)O[Si]. The van der Waals surface area contributed by atoms with E-state index in [-0.39, 0.29) is 0 Å². The number of hydrogen-bond acceptors (Lipinski definition) is 1. The molecule has 0 saturated carbocycles. The van der Waals surface area contributed by atoms with Gasteiger partial charge in [-0.15, -0.1) is 0 Å². The smallest absolute Gasteiger partial charge is 0.361 e. The zero-order valence-corrected chi connectivity index (χ0v) is 5.75. The number of halogens is 6. The van der Waals surface area contributed by atoms with Gasteiger partial charge in [-0.2, -0.15) is 22.0 Å². The largest absolute Gasteiger partial charge is 0.428 e. The summed E-state index contributed by atoms with van der Waals surface area (Å²) < 4.78 is 71.3. The van der Waals surface area contributed by atoms with Gasteiger partial charge in [0.05, 0.1) is 0 Å². The van der Waals surface area contributed by atoms with E-state index in [0.717, 1.165) is 0 Å². The third-order valence-corrected chi connectivity index (χ3v) is 0.991. The van der Waals surface area contributed by atoms with Gasteiger partial charge < -0.3 is 4.43 Å². The van der Waals surface area contributed by atoms with Gasteiger partial charge in [-0.3, -0.25) is 0 Å². The molecule has 0 spiro atoms. The highest BCUT2D eigenvalue weighted by atomic mass is 28.2. The molecule has 8 heteroatoms. The summed E-state index contributed by atoms with van der Waals surface area (Å²) in [4.78, 5) is 0. The lowest BCUT2D eigenvalue weighted by molar-refractivity contribution is -0.304. The fourth-order valence-corrected chi connectivity index (χ4v) is 0.346. The molecule has 0 aliphatic rings. The van der Waals surface area contributed by atoms with E-state index < -0.39 is 18.5 Å². The molecular weight excluding hydrogens is 194 g/mol. The third kappa shape index (κ3) is 2.70. The van der Waals surface area contributed by atoms with Gasteiger partial charge in [0.25, 0.3) is 16.7 Å². The van der Waals surface area contributed by atoms with Crippen LogP contribution in [0.2, 0.25) is 0 Å². The van der Waals surface area contributed by atoms with Crippen molar-refractivity contribution in [2.75, 3.05) is 0 Å². The standard InChI is InChI=1S/C3HF6OSi/c4-1(2(5,6)7)3(8,9)10-11/h1H. The van der Waals surface area contributed by atoms with Gasteiger partial charge in [-0.25, -0.2) is 4.39 Å². The van der Waals surface area contributed by atoms with E-state index in [4.69, 9.17) is 0 Å². The fraction of sp³-hybridized carbons (Fsp3) is 1.00. The van der Waals surface area contributed by atoms with Crippen LogP contribution in [-0.4, -0.2) is 28.9 Å². The molecule has 0 aliphatic heterocycles. The van der Waals surface area contributed by atoms with Crippen molar-refractivity contribution in [2.45, 2.75) is 18.5 Å². The monoisotopic (exact) mass is 195 g/mol. The molecular formula is C3HF6OSi. The number of hydrogen-bond donors (Lipinski definition) is 0. The minimum atomic E-state index is -5.63. The Hall–Kier alpha value is -0.243. The second-order valence-electron chi connectivity index (χ2n) is 1.57. The number of rotatable bonds is 2. The summed E-state index contributed by atoms with van der Waals surface area (Å²) in [6.07, 6.45) is -14.8. The van der Waals surface area contributed by atoms with E-state index in [1.54, 1.807) is 10.5 Å². The summed E-state index contributed by atoms with van der Waals surface area (Å²) in [5, 5.41) is 0. The molecule has 0 saturated heterocycles. The summed E-state index contributed by atoms with van der Waals surface area (Å²) in [5.41, 5.74) is 0. The van der Waals surface area contributed by atoms with Crippen molar-refractivity contribution in [3.05, 3.63) is 0 Å². The molecule has 0 N–H and O–H groups in total. The van der Waals surface area contributed by atoms with Crippen LogP contribution in [0.15, 0.2) is 0 Å². The van der Waals surface area contributed by atoms with Crippen molar-refractivity contribution in [3.63, 3.8) is 0 Å². The van der Waals surface area contributed by atoms with Crippen molar-refractivity contribution in [1.29, 1.82) is 0 Å². The van der Waals surface area contributed by atoms with Gasteiger partial charge in [0.1, 0.15) is 0 Å². The van der Waals surface area contributed by atoms with Crippen LogP contribution in [0.5, 0.6) is 0 Å². The van der Waals surface area contributed by atoms with Crippen molar-refractivity contribution >= 4 is 10.5 Å². The lowest BCUT2D eigenvalue weighted by atomic mass is 10.3. The minimum absolute atomic E-state index is 1.62. The van der Waals surface area contributed by atoms with Gasteiger partial charge in [0, 0.05) is 0 Å². The minimum Gasteiger partial charge on any atom is -0.361 e. The average molecular weight is 195 g/mol. The molecule has 0 fully saturated rings. The molecule has 0 amide bonds. The van der Waals surface area contributed by atoms with Gasteiger partial charge >= 0.3 is 12.3 Å². The zero-order valence-electron chi connectivity index (χ0n) is 4.75. The Morgan fingerprint density at radius 3 is 1.55 bits per heavy atom. The maximum absolute atomic E-state index is 11.7. The first kappa shape index (κ1) is 10.8. The molecule has 65 valence electrons. The van der Waals surface area contributed by atoms with E-state index in [1.807, 2.05) is 0 Å². The van der Waals surface area contributed by atoms with Crippen LogP contribution < -0.4 is 0 Å². The molecule has 1 unspecified atom stereocenters. The topological polar surface area (TPSA) is 9.23 Å². The molecule has 0 aliphatic carbocycles. The Balaban J connectivity index is 4.35. The molecule has 0 heterocycles. The quantitative estimate of drug-likeness (QED) is 0.480. The normalized spacial score (nSPS) is 16.6. The van der Waals surface area contributed by atoms with Crippen LogP contribution in [0.1, 0.15) is 0 Å². The van der Waals surface area contributed by atoms with E-state index in [1.165, 1.54) is 0 Å². The maximum atomic E-state index is 11.7. The van der Waals surface area contributed by atoms with Gasteiger partial charge in [-0.05, 0) is 0 Å². The first-order chi connectivity index (χ1) is 4.72. The van der Waals surface area contributed by atoms with Crippen LogP contribution in [0.3, 0.4) is 0 Å². The van der Waals surface area contributed by atoms with Crippen LogP contribution >= 0.6 is 0 Å². The Morgan fingerprint density at radius 1 is 1.09 bits per heavy atom. The fourth-order valence-electron chi connectivity index (χ4n) is 0.242. The Labute approximate surface area is 60.9 Å². The summed E-state index contributed by atoms with van der Waals surface area (Å²) in [7, 11) is 1.62. The van der Waals surface area contributed by atoms with Crippen molar-refractivity contribution < 1.29 is 30.8 Å². The first-order valence-electron chi connectivity index (χ1n) is 2.15. The first-order valence-corrected chi connectivity index (χ1v) is 2.56. The molecule has 1 atom stereocenters. The van der Waals surface area contributed by atoms with E-state index >= 15 is 0 Å². The Bertz CT molecular complexity index is 132. The van der Waals surface area contributed by atoms with E-state index in [0.29, 0.717) is 0 Å². The van der Waals surface area contributed by atoms with Crippen LogP contribution in [0.25, 0.3) is 0 Å². The van der Waals surface area contributed by atoms with Crippen LogP contribution in [-0.2, 0) is 4.43 Å². The average Bonchev–Trinajstić information content (AvgIpc) is 1.84. The van der Waals surface area contributed by atoms with E-state index in [9.17, 15) is 26.3 Å². The van der Waals surface area contributed by atoms with Crippen molar-refractivity contribution in [3.8, 4) is 0 Å². The molecule has 0 bridgehead atoms. The molecule has 0 aromatic carbocycles. The van der Waals surface area contributed by atoms with Crippen LogP contribution in [0.4, 0.5) is 26.3 Å². The summed E-state index contributed by atoms with van der Waals surface area (Å²) in [6.45, 7) is 0. The lowest BCUT2D eigenvalue weighted by Gasteiger charge is -2.20. The second kappa shape index (κ2) is 3.01. The number of alkyl halides is 6. The Kier molecular flexibility index (Phi) is 2.95. The van der Waals surface area contributed by atoms with Crippen molar-refractivity contribution in [2.24, 2.45) is 0 Å². The molecule has 11 heavy (non-hydrogen) atoms. The third-order valence-electron chi connectivity index (χ3n) is 0.719. The van der Waals surface area contributed by atoms with Crippen LogP contribution in [0, 0.1) is 0 Å². The summed E-state index contributed by atoms with van der Waals surface area (Å²) in [5.74, 6) is 0. The highest BCUT2D eigenvalue weighted by Gasteiger charge is 2.57. The summed E-state index contributed by atoms with van der Waals surface area (Å²) >= 11 is 0. The molecule has 1 nitrogen and oxygen atoms in total. The lowest BCUT2D eigenvalue weighted by Crippen LogP contribution is -2.43. The highest BCUT2D eigenvalue weighted by molar-refractivity contribution is 5.98. The molecule has 0 aromatic heterocycles. The van der Waals surface area contributed by atoms with E-state index in [2.05, 4.69) is 4.43 Å². The molecule has 3 radical (unpaired) electrons. The Morgan fingerprint density at radius 2 is 1.45 bits per heavy atom. The second-order valence-corrected chi connectivity index (χ2v) is 1.77. The molecule has 0 aromatic rings. The van der Waals surface area contributed by atoms with Gasteiger partial charge in [-0.1, -0.05) is 0 Å². The maximum Gasteiger partial charge on any atom is 0.428 e. The predicted octanol–water partition coefficient (Wildman–Crippen LogP) is 1.58. The van der Waals surface area contributed by atoms with Gasteiger partial charge in [0.15, 0.2) is 0 Å². The highest BCUT2D eigenvalue weighted by Crippen LogP contribution is 2.34. The van der Waals surface area contributed by atoms with Gasteiger partial charge in [0.2, 0.25) is 0 Å². The zero-order chi connectivity index (χ0) is 9.28. The molecule has 0 rings (SSSR count). The predicted molar refractivity (Wildman–Crippen MR) is 22.7 cm³/mol. The summed E-state index contributed by atoms with van der Waals surface area (Å²) in [6, 6.07) is 0. The van der Waals surface area contributed by atoms with Crippen molar-refractivity contribution in [1.82, 2.24) is 0 Å².